The van der Waals surface area contributed by atoms with Crippen LogP contribution in [0.3, 0.4) is 0 Å². The van der Waals surface area contributed by atoms with E-state index in [1.807, 2.05) is 12.3 Å². The van der Waals surface area contributed by atoms with Gasteiger partial charge in [-0.3, -0.25) is 4.98 Å². The van der Waals surface area contributed by atoms with Crippen LogP contribution in [0.15, 0.2) is 18.5 Å². The lowest BCUT2D eigenvalue weighted by molar-refractivity contribution is 0.217. The molecule has 0 saturated carbocycles. The van der Waals surface area contributed by atoms with Crippen LogP contribution in [-0.4, -0.2) is 11.6 Å². The van der Waals surface area contributed by atoms with Gasteiger partial charge in [0.1, 0.15) is 5.75 Å². The minimum atomic E-state index is 0.151. The maximum Gasteiger partial charge on any atom is 0.126 e. The number of nitrogens with zero attached hydrogens (tertiary/aromatic N) is 1. The Labute approximate surface area is 85.3 Å². The van der Waals surface area contributed by atoms with Crippen molar-refractivity contribution < 1.29 is 4.74 Å². The van der Waals surface area contributed by atoms with Crippen LogP contribution in [0, 0.1) is 5.92 Å². The number of pyridine rings is 1. The molecule has 2 heteroatoms. The van der Waals surface area contributed by atoms with Gasteiger partial charge in [-0.25, -0.2) is 0 Å². The molecule has 0 spiro atoms. The molecule has 0 fully saturated rings. The summed E-state index contributed by atoms with van der Waals surface area (Å²) in [7, 11) is 0. The number of rotatable bonds is 2. The van der Waals surface area contributed by atoms with Gasteiger partial charge in [0.05, 0.1) is 6.61 Å². The molecule has 0 radical (unpaired) electrons. The van der Waals surface area contributed by atoms with E-state index in [0.29, 0.717) is 5.92 Å². The van der Waals surface area contributed by atoms with Gasteiger partial charge in [-0.05, 0) is 12.0 Å². The topological polar surface area (TPSA) is 22.1 Å². The summed E-state index contributed by atoms with van der Waals surface area (Å²) in [5, 5.41) is 0. The molecule has 14 heavy (non-hydrogen) atoms. The number of hydrogen-bond acceptors (Lipinski definition) is 2. The zero-order valence-electron chi connectivity index (χ0n) is 9.08. The Morgan fingerprint density at radius 3 is 3.14 bits per heavy atom. The van der Waals surface area contributed by atoms with E-state index in [1.54, 1.807) is 6.20 Å². The fraction of sp³-hybridized carbons (Fsp3) is 0.583. The van der Waals surface area contributed by atoms with E-state index in [-0.39, 0.29) is 5.41 Å². The van der Waals surface area contributed by atoms with Gasteiger partial charge in [0, 0.05) is 23.4 Å². The van der Waals surface area contributed by atoms with Crippen molar-refractivity contribution in [3.05, 3.63) is 24.0 Å². The fourth-order valence-corrected chi connectivity index (χ4v) is 2.10. The first-order valence-electron chi connectivity index (χ1n) is 5.25. The van der Waals surface area contributed by atoms with Gasteiger partial charge < -0.3 is 4.74 Å². The smallest absolute Gasteiger partial charge is 0.126 e. The molecule has 0 bridgehead atoms. The van der Waals surface area contributed by atoms with Crippen molar-refractivity contribution in [2.24, 2.45) is 5.92 Å². The van der Waals surface area contributed by atoms with Crippen LogP contribution in [0.4, 0.5) is 0 Å². The molecule has 0 aromatic carbocycles. The van der Waals surface area contributed by atoms with Crippen molar-refractivity contribution >= 4 is 0 Å². The van der Waals surface area contributed by atoms with Gasteiger partial charge >= 0.3 is 0 Å². The number of ether oxygens (including phenoxy) is 1. The predicted octanol–water partition coefficient (Wildman–Crippen LogP) is 2.78. The van der Waals surface area contributed by atoms with E-state index in [0.717, 1.165) is 12.4 Å². The molecule has 1 aliphatic heterocycles. The molecule has 0 N–H and O–H groups in total. The molecule has 1 aromatic heterocycles. The second kappa shape index (κ2) is 3.26. The predicted molar refractivity (Wildman–Crippen MR) is 56.5 cm³/mol. The molecule has 2 nitrogen and oxygen atoms in total. The number of aromatic nitrogens is 1. The third-order valence-corrected chi connectivity index (χ3v) is 3.62. The molecule has 1 aromatic rings. The van der Waals surface area contributed by atoms with Crippen LogP contribution in [0.2, 0.25) is 0 Å². The van der Waals surface area contributed by atoms with Gasteiger partial charge in [-0.15, -0.1) is 0 Å². The summed E-state index contributed by atoms with van der Waals surface area (Å²) in [5.41, 5.74) is 1.42. The fourth-order valence-electron chi connectivity index (χ4n) is 2.10. The van der Waals surface area contributed by atoms with E-state index in [2.05, 4.69) is 25.8 Å². The Kier molecular flexibility index (Phi) is 2.22. The number of fused-ring (bicyclic) bond motifs is 1. The summed E-state index contributed by atoms with van der Waals surface area (Å²) >= 11 is 0. The molecule has 2 heterocycles. The second-order valence-corrected chi connectivity index (χ2v) is 4.39. The average molecular weight is 191 g/mol. The zero-order chi connectivity index (χ0) is 10.2. The minimum Gasteiger partial charge on any atom is -0.492 e. The lowest BCUT2D eigenvalue weighted by Gasteiger charge is -2.29. The first-order valence-corrected chi connectivity index (χ1v) is 5.25. The molecule has 0 saturated heterocycles. The summed E-state index contributed by atoms with van der Waals surface area (Å²) in [5.74, 6) is 1.65. The normalized spacial score (nSPS) is 26.8. The largest absolute Gasteiger partial charge is 0.492 e. The quantitative estimate of drug-likeness (QED) is 0.717. The lowest BCUT2D eigenvalue weighted by Crippen LogP contribution is -2.31. The second-order valence-electron chi connectivity index (χ2n) is 4.39. The summed E-state index contributed by atoms with van der Waals surface area (Å²) < 4.78 is 5.70. The Morgan fingerprint density at radius 2 is 2.43 bits per heavy atom. The highest BCUT2D eigenvalue weighted by Crippen LogP contribution is 2.43. The highest BCUT2D eigenvalue weighted by atomic mass is 16.5. The summed E-state index contributed by atoms with van der Waals surface area (Å²) in [4.78, 5) is 4.19. The van der Waals surface area contributed by atoms with Crippen molar-refractivity contribution in [3.63, 3.8) is 0 Å². The molecular weight excluding hydrogens is 174 g/mol. The zero-order valence-corrected chi connectivity index (χ0v) is 9.08. The third kappa shape index (κ3) is 1.21. The molecule has 1 aliphatic rings. The lowest BCUT2D eigenvalue weighted by atomic mass is 9.73. The molecule has 0 aliphatic carbocycles. The van der Waals surface area contributed by atoms with Crippen molar-refractivity contribution in [1.82, 2.24) is 4.98 Å². The maximum absolute atomic E-state index is 5.70. The number of hydrogen-bond donors (Lipinski definition) is 0. The average Bonchev–Trinajstić information content (AvgIpc) is 2.58. The van der Waals surface area contributed by atoms with E-state index in [1.165, 1.54) is 12.0 Å². The molecule has 2 rings (SSSR count). The van der Waals surface area contributed by atoms with Crippen LogP contribution < -0.4 is 4.74 Å². The molecule has 2 atom stereocenters. The first kappa shape index (κ1) is 9.50. The van der Waals surface area contributed by atoms with Crippen LogP contribution in [0.1, 0.15) is 32.8 Å². The third-order valence-electron chi connectivity index (χ3n) is 3.62. The van der Waals surface area contributed by atoms with E-state index in [4.69, 9.17) is 4.74 Å². The van der Waals surface area contributed by atoms with Gasteiger partial charge in [0.25, 0.3) is 0 Å². The van der Waals surface area contributed by atoms with Crippen LogP contribution >= 0.6 is 0 Å². The Balaban J connectivity index is 2.42. The molecule has 76 valence electrons. The first-order chi connectivity index (χ1) is 6.68. The summed E-state index contributed by atoms with van der Waals surface area (Å²) in [6, 6.07) is 1.96. The maximum atomic E-state index is 5.70. The molecular formula is C12H17NO. The van der Waals surface area contributed by atoms with Crippen LogP contribution in [0.25, 0.3) is 0 Å². The Bertz CT molecular complexity index is 337. The van der Waals surface area contributed by atoms with Crippen molar-refractivity contribution in [2.45, 2.75) is 32.6 Å². The van der Waals surface area contributed by atoms with Crippen molar-refractivity contribution in [1.29, 1.82) is 0 Å². The summed E-state index contributed by atoms with van der Waals surface area (Å²) in [6.45, 7) is 7.58. The highest BCUT2D eigenvalue weighted by molar-refractivity contribution is 5.41. The SMILES string of the molecule is CCC(C)C1(C)COc2ccncc21. The van der Waals surface area contributed by atoms with Gasteiger partial charge in [-0.2, -0.15) is 0 Å². The minimum absolute atomic E-state index is 0.151. The van der Waals surface area contributed by atoms with E-state index in [9.17, 15) is 0 Å². The van der Waals surface area contributed by atoms with Crippen molar-refractivity contribution in [2.75, 3.05) is 6.61 Å². The Hall–Kier alpha value is -1.05. The van der Waals surface area contributed by atoms with E-state index >= 15 is 0 Å². The molecule has 0 amide bonds. The molecule has 2 unspecified atom stereocenters. The van der Waals surface area contributed by atoms with Crippen LogP contribution in [-0.2, 0) is 5.41 Å². The summed E-state index contributed by atoms with van der Waals surface area (Å²) in [6.07, 6.45) is 4.92. The van der Waals surface area contributed by atoms with Gasteiger partial charge in [0.2, 0.25) is 0 Å². The van der Waals surface area contributed by atoms with Crippen molar-refractivity contribution in [3.8, 4) is 5.75 Å². The standard InChI is InChI=1S/C12H17NO/c1-4-9(2)12(3)8-14-11-5-6-13-7-10(11)12/h5-7,9H,4,8H2,1-3H3. The van der Waals surface area contributed by atoms with Gasteiger partial charge in [0.15, 0.2) is 0 Å². The monoisotopic (exact) mass is 191 g/mol. The highest BCUT2D eigenvalue weighted by Gasteiger charge is 2.40. The Morgan fingerprint density at radius 1 is 1.64 bits per heavy atom. The van der Waals surface area contributed by atoms with Gasteiger partial charge in [-0.1, -0.05) is 27.2 Å². The van der Waals surface area contributed by atoms with E-state index < -0.39 is 0 Å². The van der Waals surface area contributed by atoms with Crippen LogP contribution in [0.5, 0.6) is 5.75 Å².